The highest BCUT2D eigenvalue weighted by Crippen LogP contribution is 2.22. The highest BCUT2D eigenvalue weighted by Gasteiger charge is 2.14. The van der Waals surface area contributed by atoms with Crippen LogP contribution in [0.1, 0.15) is 36.7 Å². The number of carbonyl (C=O) groups is 1. The molecule has 0 unspecified atom stereocenters. The molecule has 0 aliphatic carbocycles. The van der Waals surface area contributed by atoms with E-state index >= 15 is 0 Å². The van der Waals surface area contributed by atoms with E-state index in [0.29, 0.717) is 16.1 Å². The minimum atomic E-state index is -0.136. The van der Waals surface area contributed by atoms with Gasteiger partial charge in [-0.2, -0.15) is 4.90 Å². The number of anilines is 1. The van der Waals surface area contributed by atoms with Gasteiger partial charge in [0.25, 0.3) is 5.91 Å². The summed E-state index contributed by atoms with van der Waals surface area (Å²) in [6, 6.07) is 15.0. The van der Waals surface area contributed by atoms with Gasteiger partial charge < -0.3 is 17.9 Å². The number of rotatable bonds is 2. The van der Waals surface area contributed by atoms with Crippen molar-refractivity contribution in [3.8, 4) is 0 Å². The summed E-state index contributed by atoms with van der Waals surface area (Å²) in [7, 11) is 0. The summed E-state index contributed by atoms with van der Waals surface area (Å²) in [5.41, 5.74) is 2.60. The van der Waals surface area contributed by atoms with Crippen molar-refractivity contribution in [3.63, 3.8) is 0 Å². The van der Waals surface area contributed by atoms with Crippen LogP contribution in [-0.2, 0) is 18.0 Å². The maximum atomic E-state index is 12.2. The lowest BCUT2D eigenvalue weighted by Crippen LogP contribution is -2.14. The molecule has 1 amide bonds. The van der Waals surface area contributed by atoms with E-state index < -0.39 is 0 Å². The summed E-state index contributed by atoms with van der Waals surface area (Å²) in [6.07, 6.45) is 0. The van der Waals surface area contributed by atoms with Crippen LogP contribution in [0, 0.1) is 0 Å². The molecule has 0 spiro atoms. The Morgan fingerprint density at radius 1 is 1.00 bits per heavy atom. The number of hydrogen-bond acceptors (Lipinski definition) is 2. The van der Waals surface area contributed by atoms with E-state index in [0.717, 1.165) is 0 Å². The van der Waals surface area contributed by atoms with Crippen LogP contribution in [0.3, 0.4) is 0 Å². The predicted molar refractivity (Wildman–Crippen MR) is 85.2 cm³/mol. The van der Waals surface area contributed by atoms with Gasteiger partial charge >= 0.3 is 0 Å². The van der Waals surface area contributed by atoms with Crippen LogP contribution in [0.5, 0.6) is 0 Å². The molecule has 2 aromatic rings. The van der Waals surface area contributed by atoms with Crippen molar-refractivity contribution in [1.29, 1.82) is 0 Å². The molecule has 0 saturated heterocycles. The van der Waals surface area contributed by atoms with Crippen molar-refractivity contribution in [2.24, 2.45) is 0 Å². The first kappa shape index (κ1) is 14.5. The first-order valence-corrected chi connectivity index (χ1v) is 6.97. The largest absolute Gasteiger partial charge is 0.778 e. The SMILES string of the molecule is CC(C)(C)c1ccc(C(=O)Nc2ccccc2[S-])cc1. The van der Waals surface area contributed by atoms with Crippen molar-refractivity contribution in [1.82, 2.24) is 0 Å². The fourth-order valence-electron chi connectivity index (χ4n) is 1.89. The van der Waals surface area contributed by atoms with Crippen molar-refractivity contribution in [2.75, 3.05) is 5.32 Å². The molecular weight excluding hydrogens is 266 g/mol. The molecule has 3 heteroatoms. The van der Waals surface area contributed by atoms with E-state index in [4.69, 9.17) is 12.6 Å². The monoisotopic (exact) mass is 284 g/mol. The smallest absolute Gasteiger partial charge is 0.255 e. The first-order chi connectivity index (χ1) is 9.38. The zero-order valence-corrected chi connectivity index (χ0v) is 12.8. The molecule has 0 bridgehead atoms. The molecule has 0 aliphatic heterocycles. The summed E-state index contributed by atoms with van der Waals surface area (Å²) in [5.74, 6) is -0.136. The predicted octanol–water partition coefficient (Wildman–Crippen LogP) is 4.14. The van der Waals surface area contributed by atoms with Crippen molar-refractivity contribution >= 4 is 24.2 Å². The maximum Gasteiger partial charge on any atom is 0.255 e. The van der Waals surface area contributed by atoms with E-state index in [1.54, 1.807) is 6.07 Å². The van der Waals surface area contributed by atoms with Gasteiger partial charge in [-0.05, 0) is 29.2 Å². The third-order valence-electron chi connectivity index (χ3n) is 3.15. The Morgan fingerprint density at radius 2 is 1.60 bits per heavy atom. The summed E-state index contributed by atoms with van der Waals surface area (Å²) in [6.45, 7) is 6.45. The number of amides is 1. The zero-order chi connectivity index (χ0) is 14.8. The standard InChI is InChI=1S/C17H19NOS/c1-17(2,3)13-10-8-12(9-11-13)16(19)18-14-6-4-5-7-15(14)20/h4-11,20H,1-3H3,(H,18,19)/p-1. The second kappa shape index (κ2) is 5.63. The fraction of sp³-hybridized carbons (Fsp3) is 0.235. The van der Waals surface area contributed by atoms with Gasteiger partial charge in [0.05, 0.1) is 0 Å². The van der Waals surface area contributed by atoms with E-state index in [-0.39, 0.29) is 11.3 Å². The van der Waals surface area contributed by atoms with Gasteiger partial charge in [-0.25, -0.2) is 0 Å². The quantitative estimate of drug-likeness (QED) is 0.840. The molecule has 0 fully saturated rings. The van der Waals surface area contributed by atoms with E-state index in [2.05, 4.69) is 26.1 Å². The van der Waals surface area contributed by atoms with Crippen LogP contribution >= 0.6 is 0 Å². The number of para-hydroxylation sites is 1. The Balaban J connectivity index is 2.16. The maximum absolute atomic E-state index is 12.2. The average molecular weight is 284 g/mol. The zero-order valence-electron chi connectivity index (χ0n) is 11.9. The van der Waals surface area contributed by atoms with E-state index in [9.17, 15) is 4.79 Å². The molecule has 104 valence electrons. The van der Waals surface area contributed by atoms with Gasteiger partial charge in [-0.1, -0.05) is 51.1 Å². The fourth-order valence-corrected chi connectivity index (χ4v) is 2.08. The Kier molecular flexibility index (Phi) is 4.09. The second-order valence-corrected chi connectivity index (χ2v) is 6.22. The second-order valence-electron chi connectivity index (χ2n) is 5.78. The van der Waals surface area contributed by atoms with Gasteiger partial charge in [0.1, 0.15) is 0 Å². The van der Waals surface area contributed by atoms with Gasteiger partial charge in [-0.3, -0.25) is 4.79 Å². The molecule has 0 atom stereocenters. The Bertz CT molecular complexity index is 612. The number of nitrogens with one attached hydrogen (secondary N) is 1. The molecule has 0 saturated carbocycles. The van der Waals surface area contributed by atoms with Gasteiger partial charge in [0, 0.05) is 11.3 Å². The topological polar surface area (TPSA) is 29.1 Å². The van der Waals surface area contributed by atoms with Crippen LogP contribution in [0.25, 0.3) is 0 Å². The third kappa shape index (κ3) is 3.36. The van der Waals surface area contributed by atoms with Gasteiger partial charge in [0.15, 0.2) is 0 Å². The van der Waals surface area contributed by atoms with E-state index in [1.165, 1.54) is 5.56 Å². The molecule has 2 nitrogen and oxygen atoms in total. The third-order valence-corrected chi connectivity index (χ3v) is 3.50. The molecule has 0 aromatic heterocycles. The summed E-state index contributed by atoms with van der Waals surface area (Å²) >= 11 is 5.18. The number of benzene rings is 2. The number of carbonyl (C=O) groups excluding carboxylic acids is 1. The van der Waals surface area contributed by atoms with Crippen molar-refractivity contribution in [3.05, 3.63) is 59.7 Å². The van der Waals surface area contributed by atoms with Gasteiger partial charge in [-0.15, -0.1) is 0 Å². The Morgan fingerprint density at radius 3 is 2.15 bits per heavy atom. The number of hydrogen-bond donors (Lipinski definition) is 1. The van der Waals surface area contributed by atoms with Crippen molar-refractivity contribution in [2.45, 2.75) is 31.1 Å². The molecule has 2 rings (SSSR count). The molecule has 0 radical (unpaired) electrons. The lowest BCUT2D eigenvalue weighted by atomic mass is 9.87. The normalized spacial score (nSPS) is 11.2. The minimum absolute atomic E-state index is 0.0855. The lowest BCUT2D eigenvalue weighted by Gasteiger charge is -2.19. The van der Waals surface area contributed by atoms with Crippen molar-refractivity contribution < 1.29 is 4.79 Å². The van der Waals surface area contributed by atoms with Crippen LogP contribution < -0.4 is 5.32 Å². The summed E-state index contributed by atoms with van der Waals surface area (Å²) in [4.78, 5) is 12.8. The first-order valence-electron chi connectivity index (χ1n) is 6.56. The molecular formula is C17H18NOS-. The Hall–Kier alpha value is -1.87. The molecule has 20 heavy (non-hydrogen) atoms. The van der Waals surface area contributed by atoms with Crippen LogP contribution in [0.4, 0.5) is 5.69 Å². The van der Waals surface area contributed by atoms with Crippen LogP contribution in [-0.4, -0.2) is 5.91 Å². The van der Waals surface area contributed by atoms with Gasteiger partial charge in [0.2, 0.25) is 0 Å². The summed E-state index contributed by atoms with van der Waals surface area (Å²) < 4.78 is 0. The average Bonchev–Trinajstić information content (AvgIpc) is 2.40. The molecule has 1 N–H and O–H groups in total. The Labute approximate surface area is 125 Å². The highest BCUT2D eigenvalue weighted by molar-refractivity contribution is 7.59. The lowest BCUT2D eigenvalue weighted by molar-refractivity contribution is 0.102. The highest BCUT2D eigenvalue weighted by atomic mass is 32.1. The molecule has 0 aliphatic rings. The van der Waals surface area contributed by atoms with Crippen LogP contribution in [0.2, 0.25) is 0 Å². The minimum Gasteiger partial charge on any atom is -0.778 e. The molecule has 0 heterocycles. The van der Waals surface area contributed by atoms with Crippen LogP contribution in [0.15, 0.2) is 53.4 Å². The van der Waals surface area contributed by atoms with E-state index in [1.807, 2.05) is 42.5 Å². The summed E-state index contributed by atoms with van der Waals surface area (Å²) in [5, 5.41) is 2.84. The molecule has 2 aromatic carbocycles.